The number of unbranched alkanes of at least 4 members (excludes halogenated alkanes) is 14. The fourth-order valence-corrected chi connectivity index (χ4v) is 3.47. The van der Waals surface area contributed by atoms with E-state index in [1.54, 1.807) is 0 Å². The zero-order valence-electron chi connectivity index (χ0n) is 16.6. The van der Waals surface area contributed by atoms with E-state index >= 15 is 0 Å². The smallest absolute Gasteiger partial charge is 0.178 e. The van der Waals surface area contributed by atoms with Crippen LogP contribution in [0.15, 0.2) is 24.4 Å². The number of rotatable bonds is 16. The number of hydrogen-bond acceptors (Lipinski definition) is 0. The van der Waals surface area contributed by atoms with Crippen LogP contribution in [-0.2, 0) is 6.54 Å². The largest absolute Gasteiger partial charge is 0.203 e. The molecular formula is C23H42N+. The Balaban J connectivity index is 1.77. The van der Waals surface area contributed by atoms with Crippen LogP contribution in [0.4, 0.5) is 0 Å². The normalized spacial score (nSPS) is 11.1. The summed E-state index contributed by atoms with van der Waals surface area (Å²) >= 11 is 0. The summed E-state index contributed by atoms with van der Waals surface area (Å²) in [5.41, 5.74) is 1.38. The number of aromatic nitrogens is 1. The van der Waals surface area contributed by atoms with E-state index in [4.69, 9.17) is 0 Å². The number of aryl methyl sites for hydroxylation is 2. The summed E-state index contributed by atoms with van der Waals surface area (Å²) in [5, 5.41) is 0. The van der Waals surface area contributed by atoms with Gasteiger partial charge < -0.3 is 0 Å². The summed E-state index contributed by atoms with van der Waals surface area (Å²) in [4.78, 5) is 0. The van der Waals surface area contributed by atoms with E-state index in [-0.39, 0.29) is 0 Å². The Morgan fingerprint density at radius 1 is 0.625 bits per heavy atom. The van der Waals surface area contributed by atoms with Crippen molar-refractivity contribution in [3.05, 3.63) is 30.1 Å². The number of nitrogens with zero attached hydrogens (tertiary/aromatic N) is 1. The van der Waals surface area contributed by atoms with Crippen molar-refractivity contribution in [3.8, 4) is 0 Å². The highest BCUT2D eigenvalue weighted by Crippen LogP contribution is 2.13. The highest BCUT2D eigenvalue weighted by molar-refractivity contribution is 4.93. The molecule has 1 aromatic heterocycles. The van der Waals surface area contributed by atoms with Crippen molar-refractivity contribution in [1.29, 1.82) is 0 Å². The summed E-state index contributed by atoms with van der Waals surface area (Å²) in [6, 6.07) is 6.46. The minimum absolute atomic E-state index is 1.19. The fourth-order valence-electron chi connectivity index (χ4n) is 3.47. The van der Waals surface area contributed by atoms with Gasteiger partial charge in [0.25, 0.3) is 0 Å². The molecule has 0 bridgehead atoms. The van der Waals surface area contributed by atoms with Gasteiger partial charge in [-0.25, -0.2) is 4.57 Å². The van der Waals surface area contributed by atoms with Crippen LogP contribution >= 0.6 is 0 Å². The summed E-state index contributed by atoms with van der Waals surface area (Å²) in [6.45, 7) is 5.68. The predicted octanol–water partition coefficient (Wildman–Crippen LogP) is 7.15. The molecule has 0 unspecified atom stereocenters. The SMILES string of the molecule is CCCCCCCCCCCCCCCCC[n+]1ccccc1C. The molecule has 0 N–H and O–H groups in total. The number of hydrogen-bond donors (Lipinski definition) is 0. The first-order chi connectivity index (χ1) is 11.8. The lowest BCUT2D eigenvalue weighted by atomic mass is 10.0. The van der Waals surface area contributed by atoms with Crippen LogP contribution < -0.4 is 4.57 Å². The van der Waals surface area contributed by atoms with Crippen molar-refractivity contribution < 1.29 is 4.57 Å². The van der Waals surface area contributed by atoms with Gasteiger partial charge in [0.15, 0.2) is 11.9 Å². The monoisotopic (exact) mass is 332 g/mol. The van der Waals surface area contributed by atoms with Gasteiger partial charge in [0.1, 0.15) is 6.54 Å². The third kappa shape index (κ3) is 11.6. The molecule has 1 nitrogen and oxygen atoms in total. The van der Waals surface area contributed by atoms with Crippen molar-refractivity contribution in [1.82, 2.24) is 0 Å². The maximum absolute atomic E-state index is 2.38. The summed E-state index contributed by atoms with van der Waals surface area (Å²) in [6.07, 6.45) is 23.8. The van der Waals surface area contributed by atoms with Gasteiger partial charge in [-0.15, -0.1) is 0 Å². The van der Waals surface area contributed by atoms with Crippen molar-refractivity contribution >= 4 is 0 Å². The Morgan fingerprint density at radius 3 is 1.54 bits per heavy atom. The van der Waals surface area contributed by atoms with Crippen LogP contribution in [0.2, 0.25) is 0 Å². The molecule has 0 aromatic carbocycles. The van der Waals surface area contributed by atoms with Crippen molar-refractivity contribution in [2.75, 3.05) is 0 Å². The maximum Gasteiger partial charge on any atom is 0.178 e. The Bertz CT molecular complexity index is 385. The Hall–Kier alpha value is -0.850. The lowest BCUT2D eigenvalue weighted by Gasteiger charge is -2.03. The third-order valence-corrected chi connectivity index (χ3v) is 5.17. The van der Waals surface area contributed by atoms with Crippen molar-refractivity contribution in [3.63, 3.8) is 0 Å². The topological polar surface area (TPSA) is 3.88 Å². The average Bonchev–Trinajstić information content (AvgIpc) is 2.60. The first-order valence-electron chi connectivity index (χ1n) is 10.8. The van der Waals surface area contributed by atoms with Crippen LogP contribution in [0, 0.1) is 6.92 Å². The van der Waals surface area contributed by atoms with Crippen LogP contribution in [0.3, 0.4) is 0 Å². The summed E-state index contributed by atoms with van der Waals surface area (Å²) in [5.74, 6) is 0. The van der Waals surface area contributed by atoms with Crippen molar-refractivity contribution in [2.24, 2.45) is 0 Å². The first kappa shape index (κ1) is 21.2. The lowest BCUT2D eigenvalue weighted by Crippen LogP contribution is -2.36. The Morgan fingerprint density at radius 2 is 1.08 bits per heavy atom. The first-order valence-corrected chi connectivity index (χ1v) is 10.8. The molecule has 0 amide bonds. The molecule has 138 valence electrons. The third-order valence-electron chi connectivity index (χ3n) is 5.17. The molecule has 0 aliphatic rings. The minimum atomic E-state index is 1.19. The highest BCUT2D eigenvalue weighted by Gasteiger charge is 2.03. The highest BCUT2D eigenvalue weighted by atomic mass is 14.9. The van der Waals surface area contributed by atoms with Gasteiger partial charge >= 0.3 is 0 Å². The zero-order chi connectivity index (χ0) is 17.3. The van der Waals surface area contributed by atoms with Gasteiger partial charge in [0.2, 0.25) is 0 Å². The second kappa shape index (κ2) is 15.7. The summed E-state index contributed by atoms with van der Waals surface area (Å²) in [7, 11) is 0. The second-order valence-corrected chi connectivity index (χ2v) is 7.49. The Kier molecular flexibility index (Phi) is 13.8. The molecule has 0 atom stereocenters. The van der Waals surface area contributed by atoms with Gasteiger partial charge in [-0.05, 0) is 6.42 Å². The van der Waals surface area contributed by atoms with Crippen molar-refractivity contribution in [2.45, 2.75) is 117 Å². The maximum atomic E-state index is 2.38. The van der Waals surface area contributed by atoms with Crippen LogP contribution in [0.25, 0.3) is 0 Å². The molecule has 0 aliphatic carbocycles. The zero-order valence-corrected chi connectivity index (χ0v) is 16.6. The van der Waals surface area contributed by atoms with Gasteiger partial charge in [-0.1, -0.05) is 96.5 Å². The second-order valence-electron chi connectivity index (χ2n) is 7.49. The molecule has 1 aromatic rings. The summed E-state index contributed by atoms with van der Waals surface area (Å²) < 4.78 is 2.38. The molecule has 0 radical (unpaired) electrons. The number of pyridine rings is 1. The molecule has 0 fully saturated rings. The molecular weight excluding hydrogens is 290 g/mol. The standard InChI is InChI=1S/C23H42N/c1-3-4-5-6-7-8-9-10-11-12-13-14-15-16-18-21-24-22-19-17-20-23(24)2/h17,19-20,22H,3-16,18,21H2,1-2H3/q+1. The van der Waals surface area contributed by atoms with Gasteiger partial charge in [-0.2, -0.15) is 0 Å². The van der Waals surface area contributed by atoms with E-state index in [1.165, 1.54) is 109 Å². The van der Waals surface area contributed by atoms with Gasteiger partial charge in [0, 0.05) is 25.5 Å². The van der Waals surface area contributed by atoms with Crippen LogP contribution in [0.5, 0.6) is 0 Å². The molecule has 0 saturated heterocycles. The van der Waals surface area contributed by atoms with Crippen LogP contribution in [-0.4, -0.2) is 0 Å². The van der Waals surface area contributed by atoms with Gasteiger partial charge in [-0.3, -0.25) is 0 Å². The molecule has 24 heavy (non-hydrogen) atoms. The average molecular weight is 333 g/mol. The fraction of sp³-hybridized carbons (Fsp3) is 0.783. The lowest BCUT2D eigenvalue weighted by molar-refractivity contribution is -0.703. The Labute approximate surface area is 151 Å². The molecule has 0 aliphatic heterocycles. The minimum Gasteiger partial charge on any atom is -0.203 e. The molecule has 0 saturated carbocycles. The molecule has 0 spiro atoms. The van der Waals surface area contributed by atoms with E-state index in [1.807, 2.05) is 0 Å². The predicted molar refractivity (Wildman–Crippen MR) is 106 cm³/mol. The quantitative estimate of drug-likeness (QED) is 0.223. The van der Waals surface area contributed by atoms with Gasteiger partial charge in [0.05, 0.1) is 0 Å². The van der Waals surface area contributed by atoms with E-state index in [0.29, 0.717) is 0 Å². The van der Waals surface area contributed by atoms with E-state index in [2.05, 4.69) is 42.8 Å². The molecule has 1 rings (SSSR count). The molecule has 1 heterocycles. The van der Waals surface area contributed by atoms with E-state index in [9.17, 15) is 0 Å². The molecule has 1 heteroatoms. The van der Waals surface area contributed by atoms with Crippen LogP contribution in [0.1, 0.15) is 109 Å². The van der Waals surface area contributed by atoms with E-state index < -0.39 is 0 Å². The van der Waals surface area contributed by atoms with E-state index in [0.717, 1.165) is 0 Å².